The second kappa shape index (κ2) is 9.17. The van der Waals surface area contributed by atoms with E-state index in [1.165, 1.54) is 0 Å². The quantitative estimate of drug-likeness (QED) is 0.598. The predicted octanol–water partition coefficient (Wildman–Crippen LogP) is 3.50. The van der Waals surface area contributed by atoms with E-state index < -0.39 is 15.9 Å². The van der Waals surface area contributed by atoms with Crippen LogP contribution in [-0.2, 0) is 14.8 Å². The van der Waals surface area contributed by atoms with Crippen LogP contribution in [0, 0.1) is 6.92 Å². The van der Waals surface area contributed by atoms with E-state index in [4.69, 9.17) is 4.74 Å². The maximum atomic E-state index is 12.6. The number of sulfonamides is 1. The van der Waals surface area contributed by atoms with Gasteiger partial charge in [-0.2, -0.15) is 0 Å². The summed E-state index contributed by atoms with van der Waals surface area (Å²) in [4.78, 5) is 12.6. The lowest BCUT2D eigenvalue weighted by Crippen LogP contribution is -2.45. The number of hydrogen-bond acceptors (Lipinski definition) is 4. The monoisotopic (exact) mass is 426 g/mol. The van der Waals surface area contributed by atoms with Gasteiger partial charge in [0, 0.05) is 5.39 Å². The van der Waals surface area contributed by atoms with Crippen LogP contribution in [0.15, 0.2) is 66.7 Å². The highest BCUT2D eigenvalue weighted by Gasteiger charge is 2.23. The van der Waals surface area contributed by atoms with Gasteiger partial charge in [0.25, 0.3) is 0 Å². The van der Waals surface area contributed by atoms with Crippen LogP contribution in [0.1, 0.15) is 12.5 Å². The van der Waals surface area contributed by atoms with Crippen molar-refractivity contribution in [3.8, 4) is 5.75 Å². The standard InChI is InChI=1S/C23H26N2O4S/c1-17-9-4-7-14-22(17)29-16-18(2)24-23(26)15-25(30(3,27)28)21-13-8-11-19-10-5-6-12-20(19)21/h4-14,18H,15-16H2,1-3H3,(H,24,26). The molecule has 0 heterocycles. The first kappa shape index (κ1) is 21.6. The third-order valence-electron chi connectivity index (χ3n) is 4.71. The Bertz CT molecular complexity index is 1140. The largest absolute Gasteiger partial charge is 0.491 e. The van der Waals surface area contributed by atoms with Gasteiger partial charge in [0.1, 0.15) is 18.9 Å². The zero-order chi connectivity index (χ0) is 21.7. The van der Waals surface area contributed by atoms with Crippen LogP contribution >= 0.6 is 0 Å². The van der Waals surface area contributed by atoms with E-state index in [1.807, 2.05) is 68.4 Å². The van der Waals surface area contributed by atoms with Crippen molar-refractivity contribution >= 4 is 32.4 Å². The first-order valence-corrected chi connectivity index (χ1v) is 11.5. The topological polar surface area (TPSA) is 75.7 Å². The Hall–Kier alpha value is -3.06. The van der Waals surface area contributed by atoms with Gasteiger partial charge in [-0.15, -0.1) is 0 Å². The smallest absolute Gasteiger partial charge is 0.241 e. The van der Waals surface area contributed by atoms with Crippen molar-refractivity contribution in [1.82, 2.24) is 5.32 Å². The molecule has 7 heteroatoms. The summed E-state index contributed by atoms with van der Waals surface area (Å²) in [6.45, 7) is 3.75. The van der Waals surface area contributed by atoms with Gasteiger partial charge in [-0.25, -0.2) is 8.42 Å². The fraction of sp³-hybridized carbons (Fsp3) is 0.261. The molecule has 0 bridgehead atoms. The predicted molar refractivity (Wildman–Crippen MR) is 120 cm³/mol. The molecule has 30 heavy (non-hydrogen) atoms. The number of ether oxygens (including phenoxy) is 1. The third-order valence-corrected chi connectivity index (χ3v) is 5.84. The molecule has 6 nitrogen and oxygen atoms in total. The van der Waals surface area contributed by atoms with E-state index in [0.29, 0.717) is 5.69 Å². The molecule has 3 aromatic rings. The van der Waals surface area contributed by atoms with Crippen LogP contribution < -0.4 is 14.4 Å². The molecule has 0 saturated carbocycles. The van der Waals surface area contributed by atoms with Crippen LogP contribution in [0.4, 0.5) is 5.69 Å². The molecular formula is C23H26N2O4S. The molecule has 1 unspecified atom stereocenters. The minimum absolute atomic E-state index is 0.281. The number of fused-ring (bicyclic) bond motifs is 1. The van der Waals surface area contributed by atoms with Crippen LogP contribution in [-0.4, -0.2) is 39.8 Å². The summed E-state index contributed by atoms with van der Waals surface area (Å²) in [7, 11) is -3.66. The molecule has 3 aromatic carbocycles. The number of anilines is 1. The van der Waals surface area contributed by atoms with Crippen molar-refractivity contribution in [1.29, 1.82) is 0 Å². The first-order chi connectivity index (χ1) is 14.3. The van der Waals surface area contributed by atoms with E-state index in [-0.39, 0.29) is 19.2 Å². The molecule has 1 N–H and O–H groups in total. The van der Waals surface area contributed by atoms with Crippen LogP contribution in [0.3, 0.4) is 0 Å². The van der Waals surface area contributed by atoms with Gasteiger partial charge >= 0.3 is 0 Å². The van der Waals surface area contributed by atoms with Crippen molar-refractivity contribution in [2.75, 3.05) is 23.7 Å². The van der Waals surface area contributed by atoms with Gasteiger partial charge in [0.15, 0.2) is 0 Å². The molecule has 0 aliphatic carbocycles. The zero-order valence-corrected chi connectivity index (χ0v) is 18.1. The molecule has 0 radical (unpaired) electrons. The van der Waals surface area contributed by atoms with E-state index in [9.17, 15) is 13.2 Å². The number of nitrogens with zero attached hydrogens (tertiary/aromatic N) is 1. The fourth-order valence-electron chi connectivity index (χ4n) is 3.23. The second-order valence-corrected chi connectivity index (χ2v) is 9.22. The summed E-state index contributed by atoms with van der Waals surface area (Å²) in [5.74, 6) is 0.362. The maximum absolute atomic E-state index is 12.6. The SMILES string of the molecule is Cc1ccccc1OCC(C)NC(=O)CN(c1cccc2ccccc12)S(C)(=O)=O. The Kier molecular flexibility index (Phi) is 6.62. The molecule has 1 amide bonds. The van der Waals surface area contributed by atoms with Crippen molar-refractivity contribution in [2.24, 2.45) is 0 Å². The Morgan fingerprint density at radius 1 is 1.03 bits per heavy atom. The van der Waals surface area contributed by atoms with Gasteiger partial charge in [-0.05, 0) is 36.9 Å². The van der Waals surface area contributed by atoms with Gasteiger partial charge in [-0.1, -0.05) is 54.6 Å². The maximum Gasteiger partial charge on any atom is 0.241 e. The average Bonchev–Trinajstić information content (AvgIpc) is 2.70. The molecular weight excluding hydrogens is 400 g/mol. The van der Waals surface area contributed by atoms with Crippen molar-refractivity contribution in [3.05, 3.63) is 72.3 Å². The molecule has 0 aromatic heterocycles. The zero-order valence-electron chi connectivity index (χ0n) is 17.3. The summed E-state index contributed by atoms with van der Waals surface area (Å²) in [5.41, 5.74) is 1.49. The Morgan fingerprint density at radius 2 is 1.70 bits per heavy atom. The second-order valence-electron chi connectivity index (χ2n) is 7.31. The molecule has 0 aliphatic rings. The fourth-order valence-corrected chi connectivity index (χ4v) is 4.10. The minimum atomic E-state index is -3.66. The molecule has 0 saturated heterocycles. The number of aryl methyl sites for hydroxylation is 1. The normalized spacial score (nSPS) is 12.4. The average molecular weight is 427 g/mol. The van der Waals surface area contributed by atoms with Gasteiger partial charge in [-0.3, -0.25) is 9.10 Å². The highest BCUT2D eigenvalue weighted by atomic mass is 32.2. The van der Waals surface area contributed by atoms with Crippen LogP contribution in [0.2, 0.25) is 0 Å². The van der Waals surface area contributed by atoms with E-state index in [2.05, 4.69) is 5.32 Å². The Morgan fingerprint density at radius 3 is 2.43 bits per heavy atom. The number of carbonyl (C=O) groups is 1. The number of nitrogens with one attached hydrogen (secondary N) is 1. The van der Waals surface area contributed by atoms with E-state index in [0.717, 1.165) is 32.6 Å². The summed E-state index contributed by atoms with van der Waals surface area (Å²) in [5, 5.41) is 4.50. The summed E-state index contributed by atoms with van der Waals surface area (Å²) < 4.78 is 31.8. The van der Waals surface area contributed by atoms with Crippen molar-refractivity contribution in [3.63, 3.8) is 0 Å². The van der Waals surface area contributed by atoms with Gasteiger partial charge in [0.2, 0.25) is 15.9 Å². The lowest BCUT2D eigenvalue weighted by molar-refractivity contribution is -0.120. The first-order valence-electron chi connectivity index (χ1n) is 9.69. The molecule has 1 atom stereocenters. The molecule has 158 valence electrons. The Labute approximate surface area is 177 Å². The number of para-hydroxylation sites is 1. The number of hydrogen-bond donors (Lipinski definition) is 1. The van der Waals surface area contributed by atoms with E-state index in [1.54, 1.807) is 12.1 Å². The minimum Gasteiger partial charge on any atom is -0.491 e. The van der Waals surface area contributed by atoms with Crippen molar-refractivity contribution < 1.29 is 17.9 Å². The van der Waals surface area contributed by atoms with Gasteiger partial charge in [0.05, 0.1) is 18.0 Å². The lowest BCUT2D eigenvalue weighted by atomic mass is 10.1. The summed E-state index contributed by atoms with van der Waals surface area (Å²) in [6, 6.07) is 20.2. The number of amides is 1. The van der Waals surface area contributed by atoms with Crippen molar-refractivity contribution in [2.45, 2.75) is 19.9 Å². The van der Waals surface area contributed by atoms with Crippen LogP contribution in [0.25, 0.3) is 10.8 Å². The Balaban J connectivity index is 1.71. The van der Waals surface area contributed by atoms with E-state index >= 15 is 0 Å². The lowest BCUT2D eigenvalue weighted by Gasteiger charge is -2.24. The molecule has 0 fully saturated rings. The summed E-state index contributed by atoms with van der Waals surface area (Å²) in [6.07, 6.45) is 1.10. The summed E-state index contributed by atoms with van der Waals surface area (Å²) >= 11 is 0. The van der Waals surface area contributed by atoms with Gasteiger partial charge < -0.3 is 10.1 Å². The highest BCUT2D eigenvalue weighted by Crippen LogP contribution is 2.28. The number of benzene rings is 3. The molecule has 0 spiro atoms. The van der Waals surface area contributed by atoms with Crippen LogP contribution in [0.5, 0.6) is 5.75 Å². The number of rotatable bonds is 8. The molecule has 0 aliphatic heterocycles. The molecule has 3 rings (SSSR count). The highest BCUT2D eigenvalue weighted by molar-refractivity contribution is 7.92. The number of carbonyl (C=O) groups excluding carboxylic acids is 1. The third kappa shape index (κ3) is 5.30.